The Balaban J connectivity index is 1.57. The van der Waals surface area contributed by atoms with Crippen molar-refractivity contribution in [1.82, 2.24) is 19.7 Å². The van der Waals surface area contributed by atoms with Gasteiger partial charge in [-0.25, -0.2) is 4.39 Å². The Kier molecular flexibility index (Phi) is 5.09. The van der Waals surface area contributed by atoms with Gasteiger partial charge in [0.2, 0.25) is 5.91 Å². The Morgan fingerprint density at radius 1 is 1.29 bits per heavy atom. The number of aryl methyl sites for hydroxylation is 1. The predicted molar refractivity (Wildman–Crippen MR) is 108 cm³/mol. The summed E-state index contributed by atoms with van der Waals surface area (Å²) in [4.78, 5) is 15.0. The first-order valence-corrected chi connectivity index (χ1v) is 9.68. The van der Waals surface area contributed by atoms with E-state index in [2.05, 4.69) is 10.2 Å². The number of carbonyl (C=O) groups excluding carboxylic acids is 1. The lowest BCUT2D eigenvalue weighted by Crippen LogP contribution is -2.35. The van der Waals surface area contributed by atoms with Crippen LogP contribution in [0.15, 0.2) is 48.5 Å². The monoisotopic (exact) mass is 396 g/mol. The molecule has 0 aliphatic heterocycles. The minimum atomic E-state index is -0.277. The summed E-state index contributed by atoms with van der Waals surface area (Å²) in [5, 5.41) is 7.13. The molecule has 1 saturated carbocycles. The standard InChI is InChI=1S/C21H21FN4OS/c1-14-3-2-4-16(11-14)20-23-24-21(28)26(20)13-19(27)25(18-9-10-18)12-15-5-7-17(22)8-6-15/h2-8,11,18H,9-10,12-13H2,1H3,(H,24,28). The molecule has 0 atom stereocenters. The molecule has 7 heteroatoms. The largest absolute Gasteiger partial charge is 0.334 e. The van der Waals surface area contributed by atoms with Crippen LogP contribution in [0.5, 0.6) is 0 Å². The highest BCUT2D eigenvalue weighted by Crippen LogP contribution is 2.29. The van der Waals surface area contributed by atoms with E-state index in [1.807, 2.05) is 36.1 Å². The molecule has 5 nitrogen and oxygen atoms in total. The molecule has 1 aliphatic carbocycles. The van der Waals surface area contributed by atoms with Crippen molar-refractivity contribution in [2.75, 3.05) is 0 Å². The van der Waals surface area contributed by atoms with Crippen LogP contribution in [0.4, 0.5) is 4.39 Å². The maximum absolute atomic E-state index is 13.2. The number of hydrogen-bond acceptors (Lipinski definition) is 3. The van der Waals surface area contributed by atoms with E-state index in [4.69, 9.17) is 12.2 Å². The third kappa shape index (κ3) is 4.04. The van der Waals surface area contributed by atoms with E-state index in [9.17, 15) is 9.18 Å². The molecule has 4 rings (SSSR count). The van der Waals surface area contributed by atoms with Gasteiger partial charge in [0.25, 0.3) is 0 Å². The Labute approximate surface area is 167 Å². The van der Waals surface area contributed by atoms with Crippen LogP contribution in [0.25, 0.3) is 11.4 Å². The van der Waals surface area contributed by atoms with Gasteiger partial charge in [0.15, 0.2) is 10.6 Å². The normalized spacial score (nSPS) is 13.5. The van der Waals surface area contributed by atoms with Crippen LogP contribution in [0.1, 0.15) is 24.0 Å². The number of amides is 1. The molecule has 3 aromatic rings. The first-order valence-electron chi connectivity index (χ1n) is 9.27. The van der Waals surface area contributed by atoms with E-state index in [1.165, 1.54) is 12.1 Å². The molecule has 0 radical (unpaired) electrons. The van der Waals surface area contributed by atoms with E-state index < -0.39 is 0 Å². The number of nitrogens with one attached hydrogen (secondary N) is 1. The predicted octanol–water partition coefficient (Wildman–Crippen LogP) is 4.25. The molecule has 28 heavy (non-hydrogen) atoms. The SMILES string of the molecule is Cc1cccc(-c2n[nH]c(=S)n2CC(=O)N(Cc2ccc(F)cc2)C2CC2)c1. The summed E-state index contributed by atoms with van der Waals surface area (Å²) in [7, 11) is 0. The quantitative estimate of drug-likeness (QED) is 0.634. The van der Waals surface area contributed by atoms with E-state index in [-0.39, 0.29) is 24.3 Å². The van der Waals surface area contributed by atoms with Gasteiger partial charge in [-0.2, -0.15) is 5.10 Å². The van der Waals surface area contributed by atoms with Crippen LogP contribution in [-0.4, -0.2) is 31.6 Å². The summed E-state index contributed by atoms with van der Waals surface area (Å²) in [6.45, 7) is 2.60. The highest BCUT2D eigenvalue weighted by Gasteiger charge is 2.33. The number of aromatic nitrogens is 3. The molecule has 0 bridgehead atoms. The number of halogens is 1. The summed E-state index contributed by atoms with van der Waals surface area (Å²) in [6, 6.07) is 14.5. The molecule has 1 amide bonds. The number of carbonyl (C=O) groups is 1. The lowest BCUT2D eigenvalue weighted by molar-refractivity contribution is -0.133. The second-order valence-electron chi connectivity index (χ2n) is 7.19. The number of nitrogens with zero attached hydrogens (tertiary/aromatic N) is 3. The molecular formula is C21H21FN4OS. The zero-order valence-electron chi connectivity index (χ0n) is 15.6. The van der Waals surface area contributed by atoms with Crippen molar-refractivity contribution in [3.8, 4) is 11.4 Å². The minimum absolute atomic E-state index is 0.0155. The van der Waals surface area contributed by atoms with Gasteiger partial charge in [0.1, 0.15) is 12.4 Å². The van der Waals surface area contributed by atoms with Gasteiger partial charge in [0.05, 0.1) is 0 Å². The number of hydrogen-bond donors (Lipinski definition) is 1. The van der Waals surface area contributed by atoms with Crippen molar-refractivity contribution < 1.29 is 9.18 Å². The van der Waals surface area contributed by atoms with Crippen LogP contribution in [0.2, 0.25) is 0 Å². The molecule has 0 unspecified atom stereocenters. The summed E-state index contributed by atoms with van der Waals surface area (Å²) in [6.07, 6.45) is 1.99. The highest BCUT2D eigenvalue weighted by molar-refractivity contribution is 7.71. The molecule has 0 spiro atoms. The van der Waals surface area contributed by atoms with Crippen molar-refractivity contribution >= 4 is 18.1 Å². The number of aromatic amines is 1. The van der Waals surface area contributed by atoms with Gasteiger partial charge in [-0.15, -0.1) is 0 Å². The summed E-state index contributed by atoms with van der Waals surface area (Å²) in [5.74, 6) is 0.360. The third-order valence-electron chi connectivity index (χ3n) is 4.90. The maximum atomic E-state index is 13.2. The van der Waals surface area contributed by atoms with Gasteiger partial charge in [-0.05, 0) is 55.7 Å². The average molecular weight is 396 g/mol. The van der Waals surface area contributed by atoms with Gasteiger partial charge in [0, 0.05) is 18.2 Å². The highest BCUT2D eigenvalue weighted by atomic mass is 32.1. The summed E-state index contributed by atoms with van der Waals surface area (Å²) in [5.41, 5.74) is 2.94. The van der Waals surface area contributed by atoms with Crippen molar-refractivity contribution in [3.63, 3.8) is 0 Å². The van der Waals surface area contributed by atoms with Gasteiger partial charge >= 0.3 is 0 Å². The number of H-pyrrole nitrogens is 1. The van der Waals surface area contributed by atoms with Gasteiger partial charge in [-0.1, -0.05) is 35.9 Å². The molecule has 144 valence electrons. The second-order valence-corrected chi connectivity index (χ2v) is 7.57. The smallest absolute Gasteiger partial charge is 0.243 e. The van der Waals surface area contributed by atoms with Crippen LogP contribution in [-0.2, 0) is 17.9 Å². The lowest BCUT2D eigenvalue weighted by atomic mass is 10.1. The topological polar surface area (TPSA) is 53.9 Å². The van der Waals surface area contributed by atoms with E-state index >= 15 is 0 Å². The van der Waals surface area contributed by atoms with Crippen molar-refractivity contribution in [1.29, 1.82) is 0 Å². The lowest BCUT2D eigenvalue weighted by Gasteiger charge is -2.23. The molecule has 1 aromatic heterocycles. The third-order valence-corrected chi connectivity index (χ3v) is 5.21. The zero-order chi connectivity index (χ0) is 19.7. The Morgan fingerprint density at radius 2 is 2.04 bits per heavy atom. The van der Waals surface area contributed by atoms with Gasteiger partial charge in [-0.3, -0.25) is 14.5 Å². The molecule has 0 saturated heterocycles. The summed E-state index contributed by atoms with van der Waals surface area (Å²) >= 11 is 5.37. The first-order chi connectivity index (χ1) is 13.5. The molecule has 1 fully saturated rings. The van der Waals surface area contributed by atoms with Crippen molar-refractivity contribution in [2.45, 2.75) is 38.9 Å². The van der Waals surface area contributed by atoms with E-state index in [0.29, 0.717) is 17.1 Å². The molecule has 1 N–H and O–H groups in total. The second kappa shape index (κ2) is 7.67. The van der Waals surface area contributed by atoms with Crippen molar-refractivity contribution in [3.05, 3.63) is 70.2 Å². The Hall–Kier alpha value is -2.80. The van der Waals surface area contributed by atoms with Gasteiger partial charge < -0.3 is 4.90 Å². The first kappa shape index (κ1) is 18.6. The number of benzene rings is 2. The fourth-order valence-electron chi connectivity index (χ4n) is 3.29. The Bertz CT molecular complexity index is 1050. The van der Waals surface area contributed by atoms with Crippen LogP contribution in [0, 0.1) is 17.5 Å². The van der Waals surface area contributed by atoms with Crippen LogP contribution >= 0.6 is 12.2 Å². The van der Waals surface area contributed by atoms with Crippen molar-refractivity contribution in [2.24, 2.45) is 0 Å². The van der Waals surface area contributed by atoms with E-state index in [0.717, 1.165) is 29.5 Å². The van der Waals surface area contributed by atoms with Crippen LogP contribution in [0.3, 0.4) is 0 Å². The zero-order valence-corrected chi connectivity index (χ0v) is 16.4. The van der Waals surface area contributed by atoms with E-state index in [1.54, 1.807) is 16.7 Å². The fourth-order valence-corrected chi connectivity index (χ4v) is 3.49. The number of rotatable bonds is 6. The maximum Gasteiger partial charge on any atom is 0.243 e. The molecule has 2 aromatic carbocycles. The Morgan fingerprint density at radius 3 is 2.71 bits per heavy atom. The minimum Gasteiger partial charge on any atom is -0.334 e. The van der Waals surface area contributed by atoms with Crippen LogP contribution < -0.4 is 0 Å². The average Bonchev–Trinajstić information content (AvgIpc) is 3.45. The fraction of sp³-hybridized carbons (Fsp3) is 0.286. The molecule has 1 heterocycles. The molecular weight excluding hydrogens is 375 g/mol. The molecule has 1 aliphatic rings. The summed E-state index contributed by atoms with van der Waals surface area (Å²) < 4.78 is 15.3.